The second-order valence-corrected chi connectivity index (χ2v) is 2.76. The van der Waals surface area contributed by atoms with Gasteiger partial charge in [0.25, 0.3) is 0 Å². The van der Waals surface area contributed by atoms with Gasteiger partial charge in [0.2, 0.25) is 0 Å². The summed E-state index contributed by atoms with van der Waals surface area (Å²) in [5, 5.41) is 8.43. The van der Waals surface area contributed by atoms with E-state index in [0.717, 1.165) is 0 Å². The summed E-state index contributed by atoms with van der Waals surface area (Å²) >= 11 is 2.88. The average molecular weight is 308 g/mol. The van der Waals surface area contributed by atoms with Crippen molar-refractivity contribution in [1.82, 2.24) is 0 Å². The zero-order chi connectivity index (χ0) is 8.43. The van der Waals surface area contributed by atoms with Crippen molar-refractivity contribution in [3.8, 4) is 0 Å². The molecule has 0 heterocycles. The van der Waals surface area contributed by atoms with Gasteiger partial charge in [-0.15, -0.1) is 0 Å². The van der Waals surface area contributed by atoms with Crippen LogP contribution in [0.25, 0.3) is 0 Å². The number of carboxylic acids is 1. The molecule has 1 radical (unpaired) electrons. The summed E-state index contributed by atoms with van der Waals surface area (Å²) in [4.78, 5) is 10.3. The maximum atomic E-state index is 12.8. The Hall–Kier alpha value is 0.204. The molecular formula is C7H4BrFO2Y. The molecule has 1 N–H and O–H groups in total. The van der Waals surface area contributed by atoms with Gasteiger partial charge in [-0.25, -0.2) is 9.18 Å². The molecule has 0 amide bonds. The van der Waals surface area contributed by atoms with E-state index in [-0.39, 0.29) is 42.7 Å². The van der Waals surface area contributed by atoms with E-state index in [4.69, 9.17) is 5.11 Å². The minimum atomic E-state index is -1.26. The van der Waals surface area contributed by atoms with Gasteiger partial charge in [0.15, 0.2) is 5.82 Å². The first-order chi connectivity index (χ1) is 5.13. The largest absolute Gasteiger partial charge is 0.478 e. The summed E-state index contributed by atoms with van der Waals surface area (Å²) in [7, 11) is 0. The Balaban J connectivity index is 0.00000121. The van der Waals surface area contributed by atoms with Crippen LogP contribution < -0.4 is 0 Å². The second-order valence-electron chi connectivity index (χ2n) is 1.91. The topological polar surface area (TPSA) is 37.3 Å². The first-order valence-corrected chi connectivity index (χ1v) is 3.59. The number of aromatic carboxylic acids is 1. The molecule has 0 saturated heterocycles. The minimum absolute atomic E-state index is 0. The average Bonchev–Trinajstić information content (AvgIpc) is 1.94. The van der Waals surface area contributed by atoms with Crippen LogP contribution in [0.15, 0.2) is 22.7 Å². The molecule has 0 atom stereocenters. The summed E-state index contributed by atoms with van der Waals surface area (Å²) < 4.78 is 13.0. The van der Waals surface area contributed by atoms with Crippen molar-refractivity contribution < 1.29 is 47.0 Å². The SMILES string of the molecule is O=C(O)c1cccc(Br)c1F.[Y]. The van der Waals surface area contributed by atoms with Crippen LogP contribution in [0.2, 0.25) is 0 Å². The molecular weight excluding hydrogens is 304 g/mol. The summed E-state index contributed by atoms with van der Waals surface area (Å²) in [6.07, 6.45) is 0. The van der Waals surface area contributed by atoms with Crippen molar-refractivity contribution in [2.75, 3.05) is 0 Å². The Bertz CT molecular complexity index is 303. The van der Waals surface area contributed by atoms with Crippen LogP contribution in [0.4, 0.5) is 4.39 Å². The molecule has 2 nitrogen and oxygen atoms in total. The van der Waals surface area contributed by atoms with Crippen molar-refractivity contribution >= 4 is 21.9 Å². The molecule has 1 rings (SSSR count). The summed E-state index contributed by atoms with van der Waals surface area (Å²) in [6.45, 7) is 0. The summed E-state index contributed by atoms with van der Waals surface area (Å²) in [5.74, 6) is -2.00. The number of hydrogen-bond acceptors (Lipinski definition) is 1. The summed E-state index contributed by atoms with van der Waals surface area (Å²) in [6, 6.07) is 4.13. The molecule has 0 aliphatic carbocycles. The van der Waals surface area contributed by atoms with E-state index in [1.54, 1.807) is 0 Å². The molecule has 1 aromatic rings. The molecule has 0 unspecified atom stereocenters. The number of carboxylic acid groups (broad SMARTS) is 1. The first kappa shape index (κ1) is 12.2. The Kier molecular flexibility index (Phi) is 5.13. The zero-order valence-electron chi connectivity index (χ0n) is 5.92. The molecule has 0 aromatic heterocycles. The molecule has 0 spiro atoms. The standard InChI is InChI=1S/C7H4BrFO2.Y/c8-5-3-1-2-4(6(5)9)7(10)11;/h1-3H,(H,10,11);. The molecule has 0 fully saturated rings. The van der Waals surface area contributed by atoms with Crippen LogP contribution in [-0.4, -0.2) is 11.1 Å². The molecule has 0 aliphatic heterocycles. The summed E-state index contributed by atoms with van der Waals surface area (Å²) in [5.41, 5.74) is -0.320. The van der Waals surface area contributed by atoms with Crippen LogP contribution >= 0.6 is 15.9 Å². The fourth-order valence-corrected chi connectivity index (χ4v) is 1.04. The number of carbonyl (C=O) groups is 1. The number of rotatable bonds is 1. The second kappa shape index (κ2) is 5.05. The molecule has 0 bridgehead atoms. The van der Waals surface area contributed by atoms with Gasteiger partial charge in [-0.05, 0) is 28.1 Å². The Morgan fingerprint density at radius 2 is 2.08 bits per heavy atom. The predicted octanol–water partition coefficient (Wildman–Crippen LogP) is 2.28. The molecule has 0 saturated carbocycles. The predicted molar refractivity (Wildman–Crippen MR) is 41.1 cm³/mol. The van der Waals surface area contributed by atoms with Crippen molar-refractivity contribution in [2.24, 2.45) is 0 Å². The van der Waals surface area contributed by atoms with Crippen molar-refractivity contribution in [2.45, 2.75) is 0 Å². The van der Waals surface area contributed by atoms with Crippen LogP contribution in [0.5, 0.6) is 0 Å². The molecule has 1 aromatic carbocycles. The Labute approximate surface area is 102 Å². The zero-order valence-corrected chi connectivity index (χ0v) is 10.3. The molecule has 12 heavy (non-hydrogen) atoms. The molecule has 5 heteroatoms. The minimum Gasteiger partial charge on any atom is -0.478 e. The van der Waals surface area contributed by atoms with Gasteiger partial charge in [0.05, 0.1) is 10.0 Å². The Morgan fingerprint density at radius 1 is 1.50 bits per heavy atom. The van der Waals surface area contributed by atoms with E-state index < -0.39 is 11.8 Å². The number of benzene rings is 1. The van der Waals surface area contributed by atoms with Gasteiger partial charge in [-0.2, -0.15) is 0 Å². The van der Waals surface area contributed by atoms with E-state index in [1.807, 2.05) is 0 Å². The van der Waals surface area contributed by atoms with Gasteiger partial charge < -0.3 is 5.11 Å². The first-order valence-electron chi connectivity index (χ1n) is 2.80. The third-order valence-electron chi connectivity index (χ3n) is 1.18. The third-order valence-corrected chi connectivity index (χ3v) is 1.79. The van der Waals surface area contributed by atoms with Crippen LogP contribution in [0.3, 0.4) is 0 Å². The van der Waals surface area contributed by atoms with Crippen molar-refractivity contribution in [3.05, 3.63) is 34.1 Å². The van der Waals surface area contributed by atoms with E-state index in [9.17, 15) is 9.18 Å². The van der Waals surface area contributed by atoms with Gasteiger partial charge >= 0.3 is 5.97 Å². The number of halogens is 2. The van der Waals surface area contributed by atoms with E-state index in [0.29, 0.717) is 0 Å². The maximum Gasteiger partial charge on any atom is 0.338 e. The third kappa shape index (κ3) is 2.61. The molecule has 0 aliphatic rings. The van der Waals surface area contributed by atoms with Crippen LogP contribution in [0.1, 0.15) is 10.4 Å². The van der Waals surface area contributed by atoms with E-state index in [1.165, 1.54) is 18.2 Å². The van der Waals surface area contributed by atoms with Gasteiger partial charge in [-0.3, -0.25) is 0 Å². The van der Waals surface area contributed by atoms with Crippen LogP contribution in [-0.2, 0) is 32.7 Å². The normalized spacial score (nSPS) is 8.83. The quantitative estimate of drug-likeness (QED) is 0.864. The van der Waals surface area contributed by atoms with E-state index >= 15 is 0 Å². The Morgan fingerprint density at radius 3 is 2.50 bits per heavy atom. The van der Waals surface area contributed by atoms with Crippen molar-refractivity contribution in [3.63, 3.8) is 0 Å². The van der Waals surface area contributed by atoms with E-state index in [2.05, 4.69) is 15.9 Å². The fraction of sp³-hybridized carbons (Fsp3) is 0. The smallest absolute Gasteiger partial charge is 0.338 e. The van der Waals surface area contributed by atoms with Crippen molar-refractivity contribution in [1.29, 1.82) is 0 Å². The number of hydrogen-bond donors (Lipinski definition) is 1. The van der Waals surface area contributed by atoms with Gasteiger partial charge in [-0.1, -0.05) is 6.07 Å². The maximum absolute atomic E-state index is 12.8. The fourth-order valence-electron chi connectivity index (χ4n) is 0.669. The van der Waals surface area contributed by atoms with Gasteiger partial charge in [0, 0.05) is 32.7 Å². The van der Waals surface area contributed by atoms with Gasteiger partial charge in [0.1, 0.15) is 0 Å². The van der Waals surface area contributed by atoms with Crippen LogP contribution in [0, 0.1) is 5.82 Å². The monoisotopic (exact) mass is 307 g/mol. The molecule has 61 valence electrons.